The number of carbonyl (C=O) groups excluding carboxylic acids is 2. The quantitative estimate of drug-likeness (QED) is 0.611. The number of hydrogen-bond acceptors (Lipinski definition) is 5. The molecule has 1 fully saturated rings. The fourth-order valence-corrected chi connectivity index (χ4v) is 3.97. The van der Waals surface area contributed by atoms with E-state index in [0.717, 1.165) is 29.7 Å². The molecular formula is C23H27N5O3. The summed E-state index contributed by atoms with van der Waals surface area (Å²) in [5, 5.41) is 10.4. The number of aromatic nitrogens is 3. The summed E-state index contributed by atoms with van der Waals surface area (Å²) in [5.74, 6) is 0.610. The molecule has 0 bridgehead atoms. The Bertz CT molecular complexity index is 1080. The van der Waals surface area contributed by atoms with Crippen molar-refractivity contribution >= 4 is 17.5 Å². The van der Waals surface area contributed by atoms with Gasteiger partial charge in [0.1, 0.15) is 11.3 Å². The highest BCUT2D eigenvalue weighted by atomic mass is 16.5. The molecule has 2 atom stereocenters. The van der Waals surface area contributed by atoms with E-state index in [9.17, 15) is 9.59 Å². The summed E-state index contributed by atoms with van der Waals surface area (Å²) in [6.45, 7) is 4.48. The Morgan fingerprint density at radius 3 is 2.61 bits per heavy atom. The Morgan fingerprint density at radius 1 is 1.13 bits per heavy atom. The molecule has 3 aromatic rings. The van der Waals surface area contributed by atoms with Crippen LogP contribution in [-0.4, -0.2) is 45.1 Å². The Kier molecular flexibility index (Phi) is 6.16. The third-order valence-electron chi connectivity index (χ3n) is 5.46. The zero-order chi connectivity index (χ0) is 21.8. The lowest BCUT2D eigenvalue weighted by atomic mass is 10.1. The van der Waals surface area contributed by atoms with Crippen molar-refractivity contribution in [3.05, 3.63) is 59.5 Å². The zero-order valence-corrected chi connectivity index (χ0v) is 17.8. The van der Waals surface area contributed by atoms with Gasteiger partial charge in [-0.25, -0.2) is 9.50 Å². The van der Waals surface area contributed by atoms with Crippen LogP contribution in [0.2, 0.25) is 0 Å². The van der Waals surface area contributed by atoms with Crippen LogP contribution < -0.4 is 15.4 Å². The summed E-state index contributed by atoms with van der Waals surface area (Å²) in [4.78, 5) is 29.4. The minimum Gasteiger partial charge on any atom is -0.494 e. The van der Waals surface area contributed by atoms with E-state index in [0.29, 0.717) is 30.7 Å². The first-order valence-electron chi connectivity index (χ1n) is 10.6. The maximum Gasteiger partial charge on any atom is 0.256 e. The van der Waals surface area contributed by atoms with Gasteiger partial charge in [-0.1, -0.05) is 12.1 Å². The van der Waals surface area contributed by atoms with Crippen LogP contribution >= 0.6 is 0 Å². The molecule has 162 valence electrons. The molecule has 8 heteroatoms. The molecule has 1 aliphatic carbocycles. The van der Waals surface area contributed by atoms with E-state index in [1.165, 1.54) is 0 Å². The number of aryl methyl sites for hydroxylation is 1. The maximum atomic E-state index is 12.7. The van der Waals surface area contributed by atoms with Crippen LogP contribution in [0.1, 0.15) is 47.7 Å². The van der Waals surface area contributed by atoms with Gasteiger partial charge in [-0.3, -0.25) is 9.59 Å². The number of amides is 2. The Morgan fingerprint density at radius 2 is 1.87 bits per heavy atom. The Hall–Kier alpha value is -3.42. The van der Waals surface area contributed by atoms with E-state index in [-0.39, 0.29) is 23.9 Å². The van der Waals surface area contributed by atoms with Gasteiger partial charge in [-0.05, 0) is 56.4 Å². The number of carbonyl (C=O) groups is 2. The van der Waals surface area contributed by atoms with Gasteiger partial charge in [0.25, 0.3) is 5.91 Å². The molecule has 0 unspecified atom stereocenters. The predicted molar refractivity (Wildman–Crippen MR) is 116 cm³/mol. The van der Waals surface area contributed by atoms with Gasteiger partial charge in [0.2, 0.25) is 5.91 Å². The van der Waals surface area contributed by atoms with Crippen molar-refractivity contribution in [3.63, 3.8) is 0 Å². The predicted octanol–water partition coefficient (Wildman–Crippen LogP) is 2.45. The van der Waals surface area contributed by atoms with E-state index in [4.69, 9.17) is 4.74 Å². The van der Waals surface area contributed by atoms with E-state index in [1.54, 1.807) is 16.9 Å². The topological polar surface area (TPSA) is 97.6 Å². The molecule has 31 heavy (non-hydrogen) atoms. The van der Waals surface area contributed by atoms with Crippen LogP contribution in [0.15, 0.2) is 42.9 Å². The lowest BCUT2D eigenvalue weighted by Crippen LogP contribution is -2.37. The highest BCUT2D eigenvalue weighted by Gasteiger charge is 2.28. The van der Waals surface area contributed by atoms with Crippen molar-refractivity contribution in [2.24, 2.45) is 0 Å². The summed E-state index contributed by atoms with van der Waals surface area (Å²) in [5.41, 5.74) is 2.92. The zero-order valence-electron chi connectivity index (χ0n) is 17.8. The van der Waals surface area contributed by atoms with Crippen LogP contribution in [0.4, 0.5) is 0 Å². The highest BCUT2D eigenvalue weighted by Crippen LogP contribution is 2.21. The van der Waals surface area contributed by atoms with E-state index in [2.05, 4.69) is 20.7 Å². The van der Waals surface area contributed by atoms with Crippen molar-refractivity contribution in [1.29, 1.82) is 0 Å². The lowest BCUT2D eigenvalue weighted by molar-refractivity contribution is -0.121. The molecule has 1 aliphatic rings. The largest absolute Gasteiger partial charge is 0.494 e. The molecule has 8 nitrogen and oxygen atoms in total. The van der Waals surface area contributed by atoms with Gasteiger partial charge in [0, 0.05) is 24.5 Å². The number of fused-ring (bicyclic) bond motifs is 1. The third kappa shape index (κ3) is 5.02. The minimum absolute atomic E-state index is 0.0108. The van der Waals surface area contributed by atoms with Crippen LogP contribution in [0.5, 0.6) is 5.75 Å². The van der Waals surface area contributed by atoms with Crippen LogP contribution in [0.3, 0.4) is 0 Å². The molecule has 4 rings (SSSR count). The third-order valence-corrected chi connectivity index (χ3v) is 5.46. The first kappa shape index (κ1) is 20.8. The fraction of sp³-hybridized carbons (Fsp3) is 0.391. The second kappa shape index (κ2) is 9.16. The number of nitrogens with zero attached hydrogens (tertiary/aromatic N) is 3. The number of rotatable bonds is 7. The van der Waals surface area contributed by atoms with Crippen LogP contribution in [0.25, 0.3) is 5.65 Å². The summed E-state index contributed by atoms with van der Waals surface area (Å²) < 4.78 is 7.04. The minimum atomic E-state index is -0.183. The summed E-state index contributed by atoms with van der Waals surface area (Å²) in [6.07, 6.45) is 7.81. The number of ether oxygens (including phenoxy) is 1. The van der Waals surface area contributed by atoms with Crippen molar-refractivity contribution in [2.75, 3.05) is 6.61 Å². The average molecular weight is 422 g/mol. The summed E-state index contributed by atoms with van der Waals surface area (Å²) in [7, 11) is 0. The first-order valence-corrected chi connectivity index (χ1v) is 10.6. The van der Waals surface area contributed by atoms with Gasteiger partial charge in [-0.15, -0.1) is 0 Å². The molecule has 2 N–H and O–H groups in total. The fourth-order valence-electron chi connectivity index (χ4n) is 3.97. The van der Waals surface area contributed by atoms with Crippen molar-refractivity contribution in [3.8, 4) is 5.75 Å². The summed E-state index contributed by atoms with van der Waals surface area (Å²) in [6, 6.07) is 7.66. The average Bonchev–Trinajstić information content (AvgIpc) is 3.36. The van der Waals surface area contributed by atoms with Gasteiger partial charge >= 0.3 is 0 Å². The smallest absolute Gasteiger partial charge is 0.256 e. The molecule has 0 saturated heterocycles. The van der Waals surface area contributed by atoms with E-state index < -0.39 is 0 Å². The molecule has 0 aliphatic heterocycles. The lowest BCUT2D eigenvalue weighted by Gasteiger charge is -2.15. The molecule has 0 spiro atoms. The number of nitrogens with one attached hydrogen (secondary N) is 2. The van der Waals surface area contributed by atoms with Crippen molar-refractivity contribution < 1.29 is 14.3 Å². The monoisotopic (exact) mass is 421 g/mol. The van der Waals surface area contributed by atoms with Gasteiger partial charge in [0.15, 0.2) is 5.65 Å². The molecule has 2 aromatic heterocycles. The standard InChI is InChI=1S/C23H27N5O3/c1-3-31-19-8-4-16(5-9-19)10-21(29)26-17-6-7-18(11-17)27-23(30)20-13-25-28-14-15(2)12-24-22(20)28/h4-5,8-9,12-14,17-18H,3,6-7,10-11H2,1-2H3,(H,26,29)(H,27,30)/t17-,18+/m0/s1. The Labute approximate surface area is 181 Å². The van der Waals surface area contributed by atoms with E-state index in [1.807, 2.05) is 44.3 Å². The van der Waals surface area contributed by atoms with Gasteiger partial charge in [0.05, 0.1) is 19.2 Å². The normalized spacial score (nSPS) is 18.1. The molecule has 1 aromatic carbocycles. The van der Waals surface area contributed by atoms with Gasteiger partial charge in [-0.2, -0.15) is 5.10 Å². The van der Waals surface area contributed by atoms with Crippen LogP contribution in [-0.2, 0) is 11.2 Å². The maximum absolute atomic E-state index is 12.7. The van der Waals surface area contributed by atoms with Crippen molar-refractivity contribution in [1.82, 2.24) is 25.2 Å². The van der Waals surface area contributed by atoms with E-state index >= 15 is 0 Å². The molecule has 0 radical (unpaired) electrons. The first-order chi connectivity index (χ1) is 15.0. The SMILES string of the molecule is CCOc1ccc(CC(=O)N[C@H]2CC[C@@H](NC(=O)c3cnn4cc(C)cnc34)C2)cc1. The van der Waals surface area contributed by atoms with Crippen LogP contribution in [0, 0.1) is 6.92 Å². The number of hydrogen-bond donors (Lipinski definition) is 2. The Balaban J connectivity index is 1.27. The molecular weight excluding hydrogens is 394 g/mol. The second-order valence-corrected chi connectivity index (χ2v) is 7.96. The number of benzene rings is 1. The highest BCUT2D eigenvalue weighted by molar-refractivity contribution is 5.99. The second-order valence-electron chi connectivity index (χ2n) is 7.96. The summed E-state index contributed by atoms with van der Waals surface area (Å²) >= 11 is 0. The van der Waals surface area contributed by atoms with Gasteiger partial charge < -0.3 is 15.4 Å². The van der Waals surface area contributed by atoms with Crippen molar-refractivity contribution in [2.45, 2.75) is 51.6 Å². The molecule has 1 saturated carbocycles. The molecule has 2 amide bonds. The molecule has 2 heterocycles.